The van der Waals surface area contributed by atoms with Crippen molar-refractivity contribution in [3.05, 3.63) is 48.2 Å². The average Bonchev–Trinajstić information content (AvgIpc) is 3.43. The summed E-state index contributed by atoms with van der Waals surface area (Å²) in [6.07, 6.45) is -7.29. The SMILES string of the molecule is CC(C)(C)OC(=O)N1CCN(C(=O)Nc2ccc3ncsc3c2)C(COc2cccnc2)C1.O=C(O)C(F)(F)F.O=C(O)C(F)(F)F. The first-order chi connectivity index (χ1) is 21.7. The lowest BCUT2D eigenvalue weighted by Crippen LogP contribution is -2.59. The van der Waals surface area contributed by atoms with Crippen LogP contribution in [-0.2, 0) is 14.3 Å². The number of alkyl halides is 6. The summed E-state index contributed by atoms with van der Waals surface area (Å²) in [5, 5.41) is 17.2. The Morgan fingerprint density at radius 2 is 1.62 bits per heavy atom. The molecule has 1 aliphatic rings. The fourth-order valence-corrected chi connectivity index (χ4v) is 4.23. The zero-order valence-electron chi connectivity index (χ0n) is 24.8. The molecule has 3 amide bonds. The summed E-state index contributed by atoms with van der Waals surface area (Å²) < 4.78 is 75.9. The van der Waals surface area contributed by atoms with Gasteiger partial charge in [-0.05, 0) is 51.1 Å². The molecule has 1 aromatic carbocycles. The first-order valence-electron chi connectivity index (χ1n) is 13.2. The lowest BCUT2D eigenvalue weighted by atomic mass is 10.2. The van der Waals surface area contributed by atoms with Crippen LogP contribution in [0.15, 0.2) is 48.2 Å². The number of benzene rings is 1. The van der Waals surface area contributed by atoms with Crippen LogP contribution < -0.4 is 10.1 Å². The maximum Gasteiger partial charge on any atom is 0.490 e. The van der Waals surface area contributed by atoms with Crippen LogP contribution in [0, 0.1) is 0 Å². The number of nitrogens with one attached hydrogen (secondary N) is 1. The Kier molecular flexibility index (Phi) is 13.1. The predicted molar refractivity (Wildman–Crippen MR) is 154 cm³/mol. The largest absolute Gasteiger partial charge is 0.490 e. The number of amides is 3. The third-order valence-corrected chi connectivity index (χ3v) is 6.33. The van der Waals surface area contributed by atoms with Crippen LogP contribution in [0.5, 0.6) is 5.75 Å². The zero-order chi connectivity index (χ0) is 35.6. The number of carboxylic acids is 2. The molecule has 4 rings (SSSR count). The van der Waals surface area contributed by atoms with Crippen molar-refractivity contribution >= 4 is 51.3 Å². The molecule has 13 nitrogen and oxygen atoms in total. The number of thiazole rings is 1. The number of fused-ring (bicyclic) bond motifs is 1. The first kappa shape index (κ1) is 38.3. The zero-order valence-corrected chi connectivity index (χ0v) is 25.6. The number of pyridine rings is 1. The second-order valence-electron chi connectivity index (χ2n) is 10.3. The van der Waals surface area contributed by atoms with E-state index in [0.29, 0.717) is 31.1 Å². The second-order valence-corrected chi connectivity index (χ2v) is 11.2. The Balaban J connectivity index is 0.000000459. The highest BCUT2D eigenvalue weighted by Gasteiger charge is 2.39. The minimum atomic E-state index is -5.08. The summed E-state index contributed by atoms with van der Waals surface area (Å²) >= 11 is 1.52. The van der Waals surface area contributed by atoms with Crippen molar-refractivity contribution in [2.75, 3.05) is 31.6 Å². The van der Waals surface area contributed by atoms with Crippen molar-refractivity contribution in [3.63, 3.8) is 0 Å². The number of aromatic nitrogens is 2. The molecule has 1 fully saturated rings. The van der Waals surface area contributed by atoms with Gasteiger partial charge in [0.15, 0.2) is 0 Å². The Bertz CT molecular complexity index is 1490. The Morgan fingerprint density at radius 1 is 1.00 bits per heavy atom. The monoisotopic (exact) mass is 697 g/mol. The molecule has 3 N–H and O–H groups in total. The number of rotatable bonds is 4. The van der Waals surface area contributed by atoms with Gasteiger partial charge in [0.2, 0.25) is 0 Å². The summed E-state index contributed by atoms with van der Waals surface area (Å²) in [5.74, 6) is -4.91. The molecular weight excluding hydrogens is 668 g/mol. The topological polar surface area (TPSA) is 171 Å². The van der Waals surface area contributed by atoms with E-state index in [2.05, 4.69) is 15.3 Å². The van der Waals surface area contributed by atoms with Crippen LogP contribution in [-0.4, -0.2) is 104 Å². The number of carbonyl (C=O) groups is 4. The minimum Gasteiger partial charge on any atom is -0.490 e. The van der Waals surface area contributed by atoms with Gasteiger partial charge in [0.1, 0.15) is 18.0 Å². The van der Waals surface area contributed by atoms with E-state index in [0.717, 1.165) is 10.2 Å². The molecule has 258 valence electrons. The van der Waals surface area contributed by atoms with Gasteiger partial charge in [-0.2, -0.15) is 26.3 Å². The van der Waals surface area contributed by atoms with Gasteiger partial charge in [-0.3, -0.25) is 4.98 Å². The molecule has 20 heteroatoms. The summed E-state index contributed by atoms with van der Waals surface area (Å²) in [5.41, 5.74) is 2.77. The van der Waals surface area contributed by atoms with Crippen LogP contribution in [0.1, 0.15) is 20.8 Å². The van der Waals surface area contributed by atoms with Crippen molar-refractivity contribution in [1.29, 1.82) is 0 Å². The van der Waals surface area contributed by atoms with Gasteiger partial charge in [-0.15, -0.1) is 11.3 Å². The molecule has 1 unspecified atom stereocenters. The average molecular weight is 698 g/mol. The van der Waals surface area contributed by atoms with Crippen molar-refractivity contribution < 1.29 is 65.2 Å². The van der Waals surface area contributed by atoms with E-state index < -0.39 is 36.0 Å². The molecule has 47 heavy (non-hydrogen) atoms. The number of hydrogen-bond donors (Lipinski definition) is 3. The smallest absolute Gasteiger partial charge is 0.490 e. The fraction of sp³-hybridized carbons (Fsp3) is 0.407. The number of carboxylic acid groups (broad SMARTS) is 2. The van der Waals surface area contributed by atoms with E-state index in [9.17, 15) is 35.9 Å². The van der Waals surface area contributed by atoms with Gasteiger partial charge in [0.25, 0.3) is 0 Å². The van der Waals surface area contributed by atoms with E-state index >= 15 is 0 Å². The van der Waals surface area contributed by atoms with Crippen LogP contribution in [0.25, 0.3) is 10.2 Å². The van der Waals surface area contributed by atoms with Crippen LogP contribution >= 0.6 is 11.3 Å². The quantitative estimate of drug-likeness (QED) is 0.296. The Morgan fingerprint density at radius 3 is 2.15 bits per heavy atom. The van der Waals surface area contributed by atoms with Crippen molar-refractivity contribution in [3.8, 4) is 5.75 Å². The number of carbonyl (C=O) groups excluding carboxylic acids is 2. The number of halogens is 6. The molecule has 1 atom stereocenters. The van der Waals surface area contributed by atoms with Gasteiger partial charge in [0.05, 0.1) is 28.0 Å². The summed E-state index contributed by atoms with van der Waals surface area (Å²) in [6, 6.07) is 8.59. The fourth-order valence-electron chi connectivity index (χ4n) is 3.51. The van der Waals surface area contributed by atoms with Gasteiger partial charge in [-0.25, -0.2) is 24.2 Å². The molecule has 0 radical (unpaired) electrons. The predicted octanol–water partition coefficient (Wildman–Crippen LogP) is 5.49. The normalized spacial score (nSPS) is 15.0. The van der Waals surface area contributed by atoms with Crippen LogP contribution in [0.3, 0.4) is 0 Å². The highest BCUT2D eigenvalue weighted by Crippen LogP contribution is 2.23. The summed E-state index contributed by atoms with van der Waals surface area (Å²) in [4.78, 5) is 55.2. The molecule has 1 aliphatic heterocycles. The summed E-state index contributed by atoms with van der Waals surface area (Å²) in [6.45, 7) is 6.74. The van der Waals surface area contributed by atoms with Crippen molar-refractivity contribution in [2.45, 2.75) is 44.8 Å². The highest BCUT2D eigenvalue weighted by molar-refractivity contribution is 7.16. The summed E-state index contributed by atoms with van der Waals surface area (Å²) in [7, 11) is 0. The number of anilines is 1. The van der Waals surface area contributed by atoms with Crippen LogP contribution in [0.4, 0.5) is 41.6 Å². The lowest BCUT2D eigenvalue weighted by molar-refractivity contribution is -0.193. The van der Waals surface area contributed by atoms with E-state index in [1.807, 2.05) is 39.0 Å². The number of urea groups is 1. The van der Waals surface area contributed by atoms with Gasteiger partial charge in [0, 0.05) is 31.5 Å². The molecule has 0 saturated carbocycles. The third kappa shape index (κ3) is 13.2. The third-order valence-electron chi connectivity index (χ3n) is 5.54. The number of ether oxygens (including phenoxy) is 2. The molecule has 3 aromatic rings. The minimum absolute atomic E-state index is 0.215. The van der Waals surface area contributed by atoms with Crippen LogP contribution in [0.2, 0.25) is 0 Å². The molecule has 0 spiro atoms. The number of aliphatic carboxylic acids is 2. The number of piperazine rings is 1. The lowest BCUT2D eigenvalue weighted by Gasteiger charge is -2.41. The molecule has 1 saturated heterocycles. The van der Waals surface area contributed by atoms with Crippen molar-refractivity contribution in [1.82, 2.24) is 19.8 Å². The molecule has 2 aromatic heterocycles. The second kappa shape index (κ2) is 16.1. The van der Waals surface area contributed by atoms with Gasteiger partial charge >= 0.3 is 36.4 Å². The highest BCUT2D eigenvalue weighted by atomic mass is 32.1. The maximum absolute atomic E-state index is 13.2. The van der Waals surface area contributed by atoms with E-state index in [1.165, 1.54) is 11.3 Å². The number of nitrogens with zero attached hydrogens (tertiary/aromatic N) is 4. The van der Waals surface area contributed by atoms with Gasteiger partial charge < -0.3 is 34.8 Å². The molecular formula is C27H29F6N5O8S. The van der Waals surface area contributed by atoms with E-state index in [1.54, 1.807) is 39.8 Å². The molecule has 0 aliphatic carbocycles. The first-order valence-corrected chi connectivity index (χ1v) is 14.1. The van der Waals surface area contributed by atoms with E-state index in [-0.39, 0.29) is 18.7 Å². The standard InChI is InChI=1S/C23H27N5O4S.2C2HF3O2/c1-23(2,3)32-22(30)27-9-10-28(17(13-27)14-31-18-5-4-8-24-12-18)21(29)26-16-6-7-19-20(11-16)33-15-25-19;2*3-2(4,5)1(6)7/h4-8,11-12,15,17H,9-10,13-14H2,1-3H3,(H,26,29);2*(H,6,7). The maximum atomic E-state index is 13.2. The van der Waals surface area contributed by atoms with Crippen molar-refractivity contribution in [2.24, 2.45) is 0 Å². The molecule has 3 heterocycles. The van der Waals surface area contributed by atoms with E-state index in [4.69, 9.17) is 29.3 Å². The Labute approximate surface area is 266 Å². The van der Waals surface area contributed by atoms with Gasteiger partial charge in [-0.1, -0.05) is 0 Å². The molecule has 0 bridgehead atoms. The number of hydrogen-bond acceptors (Lipinski definition) is 9. The Hall–Kier alpha value is -4.88.